The Balaban J connectivity index is 2.24. The molecule has 1 aromatic heterocycles. The average molecular weight is 263 g/mol. The number of phenols is 1. The topological polar surface area (TPSA) is 88.2 Å². The number of aryl methyl sites for hydroxylation is 2. The minimum absolute atomic E-state index is 0.211. The fourth-order valence-corrected chi connectivity index (χ4v) is 2.06. The summed E-state index contributed by atoms with van der Waals surface area (Å²) in [7, 11) is 0. The number of hydrogen-bond acceptors (Lipinski definition) is 5. The van der Waals surface area contributed by atoms with Gasteiger partial charge in [0, 0.05) is 11.1 Å². The van der Waals surface area contributed by atoms with Gasteiger partial charge >= 0.3 is 0 Å². The van der Waals surface area contributed by atoms with Crippen molar-refractivity contribution >= 4 is 28.1 Å². The molecule has 1 amide bonds. The van der Waals surface area contributed by atoms with Crippen LogP contribution < -0.4 is 11.1 Å². The molecule has 5 nitrogen and oxygen atoms in total. The molecular weight excluding hydrogens is 250 g/mol. The highest BCUT2D eigenvalue weighted by Gasteiger charge is 2.12. The van der Waals surface area contributed by atoms with Gasteiger partial charge in [0.05, 0.1) is 0 Å². The molecule has 0 saturated heterocycles. The van der Waals surface area contributed by atoms with Crippen molar-refractivity contribution < 1.29 is 9.90 Å². The van der Waals surface area contributed by atoms with Crippen molar-refractivity contribution in [3.05, 3.63) is 34.3 Å². The molecule has 4 N–H and O–H groups in total. The summed E-state index contributed by atoms with van der Waals surface area (Å²) in [4.78, 5) is 15.8. The lowest BCUT2D eigenvalue weighted by atomic mass is 10.1. The zero-order chi connectivity index (χ0) is 13.3. The predicted molar refractivity (Wildman–Crippen MR) is 72.1 cm³/mol. The Bertz CT molecular complexity index is 607. The molecule has 0 spiro atoms. The van der Waals surface area contributed by atoms with E-state index in [0.29, 0.717) is 22.1 Å². The Morgan fingerprint density at radius 3 is 2.72 bits per heavy atom. The van der Waals surface area contributed by atoms with Crippen LogP contribution in [0.4, 0.5) is 10.8 Å². The van der Waals surface area contributed by atoms with E-state index in [9.17, 15) is 9.90 Å². The van der Waals surface area contributed by atoms with E-state index in [-0.39, 0.29) is 11.7 Å². The van der Waals surface area contributed by atoms with Gasteiger partial charge in [0.15, 0.2) is 5.13 Å². The van der Waals surface area contributed by atoms with Gasteiger partial charge in [0.25, 0.3) is 5.91 Å². The number of anilines is 2. The van der Waals surface area contributed by atoms with Crippen LogP contribution in [0.25, 0.3) is 0 Å². The van der Waals surface area contributed by atoms with Crippen LogP contribution in [0.5, 0.6) is 5.75 Å². The van der Waals surface area contributed by atoms with Crippen molar-refractivity contribution in [2.24, 2.45) is 0 Å². The zero-order valence-electron chi connectivity index (χ0n) is 10.0. The third-order valence-electron chi connectivity index (χ3n) is 2.55. The van der Waals surface area contributed by atoms with Crippen LogP contribution in [-0.2, 0) is 0 Å². The van der Waals surface area contributed by atoms with Gasteiger partial charge in [-0.25, -0.2) is 4.98 Å². The first-order chi connectivity index (χ1) is 8.47. The number of carbonyl (C=O) groups excluding carboxylic acids is 1. The van der Waals surface area contributed by atoms with Crippen molar-refractivity contribution in [1.82, 2.24) is 4.98 Å². The maximum atomic E-state index is 11.9. The number of carbonyl (C=O) groups is 1. The standard InChI is InChI=1S/C12H13N3O2S/c1-6-4-10(16)7(2)3-8(6)14-11(17)9-5-18-12(13)15-9/h3-5,16H,1-2H3,(H2,13,15)(H,14,17). The van der Waals surface area contributed by atoms with Gasteiger partial charge < -0.3 is 16.2 Å². The molecule has 0 aliphatic heterocycles. The maximum Gasteiger partial charge on any atom is 0.275 e. The number of nitrogens with zero attached hydrogens (tertiary/aromatic N) is 1. The molecule has 0 atom stereocenters. The van der Waals surface area contributed by atoms with E-state index >= 15 is 0 Å². The van der Waals surface area contributed by atoms with Crippen LogP contribution in [0.3, 0.4) is 0 Å². The quantitative estimate of drug-likeness (QED) is 0.725. The molecule has 0 radical (unpaired) electrons. The molecule has 0 bridgehead atoms. The first kappa shape index (κ1) is 12.4. The normalized spacial score (nSPS) is 10.3. The lowest BCUT2D eigenvalue weighted by molar-refractivity contribution is 0.102. The number of aromatic nitrogens is 1. The van der Waals surface area contributed by atoms with Crippen molar-refractivity contribution in [3.8, 4) is 5.75 Å². The summed E-state index contributed by atoms with van der Waals surface area (Å²) in [5.41, 5.74) is 7.92. The molecule has 2 aromatic rings. The van der Waals surface area contributed by atoms with E-state index in [0.717, 1.165) is 5.56 Å². The van der Waals surface area contributed by atoms with Gasteiger partial charge in [-0.15, -0.1) is 11.3 Å². The number of phenolic OH excluding ortho intramolecular Hbond substituents is 1. The Morgan fingerprint density at radius 2 is 2.11 bits per heavy atom. The highest BCUT2D eigenvalue weighted by atomic mass is 32.1. The van der Waals surface area contributed by atoms with Crippen LogP contribution in [-0.4, -0.2) is 16.0 Å². The van der Waals surface area contributed by atoms with E-state index in [2.05, 4.69) is 10.3 Å². The third-order valence-corrected chi connectivity index (χ3v) is 3.22. The summed E-state index contributed by atoms with van der Waals surface area (Å²) >= 11 is 1.22. The number of nitrogen functional groups attached to an aromatic ring is 1. The molecule has 18 heavy (non-hydrogen) atoms. The molecule has 2 rings (SSSR count). The van der Waals surface area contributed by atoms with E-state index in [1.165, 1.54) is 11.3 Å². The summed E-state index contributed by atoms with van der Waals surface area (Å²) in [6, 6.07) is 3.33. The molecule has 0 aliphatic rings. The number of hydrogen-bond donors (Lipinski definition) is 3. The van der Waals surface area contributed by atoms with Crippen molar-refractivity contribution in [2.75, 3.05) is 11.1 Å². The van der Waals surface area contributed by atoms with Crippen molar-refractivity contribution in [3.63, 3.8) is 0 Å². The molecule has 0 aliphatic carbocycles. The number of rotatable bonds is 2. The zero-order valence-corrected chi connectivity index (χ0v) is 10.8. The minimum Gasteiger partial charge on any atom is -0.508 e. The third kappa shape index (κ3) is 2.43. The number of benzene rings is 1. The molecule has 1 aromatic carbocycles. The summed E-state index contributed by atoms with van der Waals surface area (Å²) < 4.78 is 0. The largest absolute Gasteiger partial charge is 0.508 e. The van der Waals surface area contributed by atoms with Crippen LogP contribution in [0, 0.1) is 13.8 Å². The molecule has 0 saturated carbocycles. The highest BCUT2D eigenvalue weighted by Crippen LogP contribution is 2.25. The molecule has 6 heteroatoms. The monoisotopic (exact) mass is 263 g/mol. The fourth-order valence-electron chi connectivity index (χ4n) is 1.51. The number of nitrogens with two attached hydrogens (primary N) is 1. The summed E-state index contributed by atoms with van der Waals surface area (Å²) in [5.74, 6) is -0.0976. The van der Waals surface area contributed by atoms with Gasteiger partial charge in [0.1, 0.15) is 11.4 Å². The first-order valence-electron chi connectivity index (χ1n) is 5.30. The van der Waals surface area contributed by atoms with E-state index < -0.39 is 0 Å². The molecule has 1 heterocycles. The van der Waals surface area contributed by atoms with Gasteiger partial charge in [-0.3, -0.25) is 4.79 Å². The smallest absolute Gasteiger partial charge is 0.275 e. The Hall–Kier alpha value is -2.08. The van der Waals surface area contributed by atoms with Crippen molar-refractivity contribution in [2.45, 2.75) is 13.8 Å². The van der Waals surface area contributed by atoms with Crippen LogP contribution in [0.15, 0.2) is 17.5 Å². The molecule has 94 valence electrons. The second kappa shape index (κ2) is 4.66. The summed E-state index contributed by atoms with van der Waals surface area (Å²) in [6.07, 6.45) is 0. The summed E-state index contributed by atoms with van der Waals surface area (Å²) in [5, 5.41) is 14.2. The van der Waals surface area contributed by atoms with E-state index in [4.69, 9.17) is 5.73 Å². The number of amides is 1. The van der Waals surface area contributed by atoms with Crippen molar-refractivity contribution in [1.29, 1.82) is 0 Å². The second-order valence-corrected chi connectivity index (χ2v) is 4.87. The van der Waals surface area contributed by atoms with Crippen LogP contribution >= 0.6 is 11.3 Å². The second-order valence-electron chi connectivity index (χ2n) is 3.98. The Kier molecular flexibility index (Phi) is 3.20. The molecule has 0 fully saturated rings. The Labute approximate surface area is 108 Å². The number of thiazole rings is 1. The van der Waals surface area contributed by atoms with Gasteiger partial charge in [0.2, 0.25) is 0 Å². The molecular formula is C12H13N3O2S. The average Bonchev–Trinajstić information content (AvgIpc) is 2.73. The van der Waals surface area contributed by atoms with Gasteiger partial charge in [-0.2, -0.15) is 0 Å². The Morgan fingerprint density at radius 1 is 1.39 bits per heavy atom. The van der Waals surface area contributed by atoms with Crippen LogP contribution in [0.1, 0.15) is 21.6 Å². The first-order valence-corrected chi connectivity index (χ1v) is 6.18. The van der Waals surface area contributed by atoms with E-state index in [1.54, 1.807) is 24.4 Å². The maximum absolute atomic E-state index is 11.9. The lowest BCUT2D eigenvalue weighted by Gasteiger charge is -2.09. The predicted octanol–water partition coefficient (Wildman–Crippen LogP) is 2.30. The van der Waals surface area contributed by atoms with Gasteiger partial charge in [-0.1, -0.05) is 0 Å². The lowest BCUT2D eigenvalue weighted by Crippen LogP contribution is -2.13. The minimum atomic E-state index is -0.309. The fraction of sp³-hybridized carbons (Fsp3) is 0.167. The van der Waals surface area contributed by atoms with Gasteiger partial charge in [-0.05, 0) is 37.1 Å². The number of aromatic hydroxyl groups is 1. The highest BCUT2D eigenvalue weighted by molar-refractivity contribution is 7.13. The van der Waals surface area contributed by atoms with E-state index in [1.807, 2.05) is 6.92 Å². The van der Waals surface area contributed by atoms with Crippen LogP contribution in [0.2, 0.25) is 0 Å². The molecule has 0 unspecified atom stereocenters. The SMILES string of the molecule is Cc1cc(NC(=O)c2csc(N)n2)c(C)cc1O. The summed E-state index contributed by atoms with van der Waals surface area (Å²) in [6.45, 7) is 3.58. The number of nitrogens with one attached hydrogen (secondary N) is 1.